The zero-order valence-electron chi connectivity index (χ0n) is 8.60. The van der Waals surface area contributed by atoms with Gasteiger partial charge in [0.15, 0.2) is 0 Å². The van der Waals surface area contributed by atoms with Gasteiger partial charge in [-0.2, -0.15) is 5.10 Å². The number of benzene rings is 1. The van der Waals surface area contributed by atoms with Crippen molar-refractivity contribution < 1.29 is 9.47 Å². The van der Waals surface area contributed by atoms with Crippen LogP contribution in [0.15, 0.2) is 30.5 Å². The summed E-state index contributed by atoms with van der Waals surface area (Å²) in [6.45, 7) is 0. The van der Waals surface area contributed by atoms with Gasteiger partial charge in [-0.25, -0.2) is 4.68 Å². The average molecular weight is 203 g/mol. The van der Waals surface area contributed by atoms with Gasteiger partial charge in [-0.3, -0.25) is 0 Å². The maximum Gasteiger partial charge on any atom is 0.144 e. The van der Waals surface area contributed by atoms with E-state index in [1.165, 1.54) is 0 Å². The van der Waals surface area contributed by atoms with Crippen LogP contribution in [0.25, 0.3) is 5.69 Å². The summed E-state index contributed by atoms with van der Waals surface area (Å²) >= 11 is 0. The zero-order chi connectivity index (χ0) is 10.7. The molecule has 0 aliphatic heterocycles. The number of aromatic nitrogens is 2. The second-order valence-electron chi connectivity index (χ2n) is 2.93. The highest BCUT2D eigenvalue weighted by Gasteiger charge is 2.06. The molecule has 0 amide bonds. The molecule has 0 aliphatic carbocycles. The average Bonchev–Trinajstić information content (AvgIpc) is 2.81. The van der Waals surface area contributed by atoms with Crippen molar-refractivity contribution in [2.75, 3.05) is 14.2 Å². The molecule has 0 unspecified atom stereocenters. The number of hydrogen-bond acceptors (Lipinski definition) is 3. The van der Waals surface area contributed by atoms with Crippen LogP contribution in [0, 0.1) is 6.20 Å². The van der Waals surface area contributed by atoms with Crippen LogP contribution >= 0.6 is 0 Å². The minimum Gasteiger partial charge on any atom is -0.497 e. The summed E-state index contributed by atoms with van der Waals surface area (Å²) in [5.41, 5.74) is 0.832. The van der Waals surface area contributed by atoms with E-state index in [-0.39, 0.29) is 0 Å². The number of ether oxygens (including phenoxy) is 2. The predicted octanol–water partition coefficient (Wildman–Crippen LogP) is 1.69. The summed E-state index contributed by atoms with van der Waals surface area (Å²) in [6.07, 6.45) is 4.54. The van der Waals surface area contributed by atoms with Gasteiger partial charge in [0.1, 0.15) is 23.4 Å². The molecule has 1 aromatic carbocycles. The molecule has 4 nitrogen and oxygen atoms in total. The number of hydrogen-bond donors (Lipinski definition) is 0. The lowest BCUT2D eigenvalue weighted by atomic mass is 10.2. The van der Waals surface area contributed by atoms with Crippen LogP contribution in [0.5, 0.6) is 11.5 Å². The first-order valence-electron chi connectivity index (χ1n) is 4.49. The summed E-state index contributed by atoms with van der Waals surface area (Å²) in [5.74, 6) is 1.51. The molecule has 1 radical (unpaired) electrons. The van der Waals surface area contributed by atoms with E-state index in [4.69, 9.17) is 9.47 Å². The molecule has 1 aromatic heterocycles. The molecule has 0 fully saturated rings. The van der Waals surface area contributed by atoms with Gasteiger partial charge >= 0.3 is 0 Å². The summed E-state index contributed by atoms with van der Waals surface area (Å²) in [4.78, 5) is 0. The Kier molecular flexibility index (Phi) is 2.58. The molecule has 0 saturated heterocycles. The molecule has 2 rings (SSSR count). The van der Waals surface area contributed by atoms with E-state index in [2.05, 4.69) is 11.3 Å². The maximum absolute atomic E-state index is 5.24. The lowest BCUT2D eigenvalue weighted by Crippen LogP contribution is -1.99. The highest BCUT2D eigenvalue weighted by molar-refractivity contribution is 5.50. The fraction of sp³-hybridized carbons (Fsp3) is 0.182. The van der Waals surface area contributed by atoms with E-state index in [0.717, 1.165) is 17.2 Å². The summed E-state index contributed by atoms with van der Waals surface area (Å²) in [7, 11) is 3.25. The van der Waals surface area contributed by atoms with Gasteiger partial charge < -0.3 is 9.47 Å². The second-order valence-corrected chi connectivity index (χ2v) is 2.93. The van der Waals surface area contributed by atoms with Crippen molar-refractivity contribution >= 4 is 0 Å². The zero-order valence-corrected chi connectivity index (χ0v) is 8.60. The molecular weight excluding hydrogens is 192 g/mol. The Balaban J connectivity index is 2.52. The smallest absolute Gasteiger partial charge is 0.144 e. The Bertz CT molecular complexity index is 438. The van der Waals surface area contributed by atoms with Crippen molar-refractivity contribution in [3.8, 4) is 17.2 Å². The van der Waals surface area contributed by atoms with E-state index < -0.39 is 0 Å². The lowest BCUT2D eigenvalue weighted by molar-refractivity contribution is 0.400. The third-order valence-electron chi connectivity index (χ3n) is 2.09. The number of methoxy groups -OCH3 is 2. The van der Waals surface area contributed by atoms with E-state index in [0.29, 0.717) is 0 Å². The van der Waals surface area contributed by atoms with Crippen molar-refractivity contribution in [1.29, 1.82) is 0 Å². The molecule has 15 heavy (non-hydrogen) atoms. The molecule has 4 heteroatoms. The largest absolute Gasteiger partial charge is 0.497 e. The molecule has 0 atom stereocenters. The second kappa shape index (κ2) is 4.04. The van der Waals surface area contributed by atoms with E-state index in [1.807, 2.05) is 18.2 Å². The minimum absolute atomic E-state index is 0.743. The first-order valence-corrected chi connectivity index (χ1v) is 4.49. The van der Waals surface area contributed by atoms with Crippen molar-refractivity contribution in [2.24, 2.45) is 0 Å². The van der Waals surface area contributed by atoms with Gasteiger partial charge in [0.25, 0.3) is 0 Å². The summed E-state index contributed by atoms with van der Waals surface area (Å²) < 4.78 is 12.1. The van der Waals surface area contributed by atoms with Crippen molar-refractivity contribution in [3.05, 3.63) is 36.7 Å². The predicted molar refractivity (Wildman–Crippen MR) is 55.5 cm³/mol. The van der Waals surface area contributed by atoms with Crippen LogP contribution in [0.4, 0.5) is 0 Å². The number of nitrogens with zero attached hydrogens (tertiary/aromatic N) is 2. The van der Waals surface area contributed by atoms with E-state index >= 15 is 0 Å². The first kappa shape index (κ1) is 9.58. The third kappa shape index (κ3) is 1.79. The standard InChI is InChI=1S/C11H11N2O2/c1-14-9-4-5-11(15-2)10(8-9)13-7-3-6-12-13/h3-5,7-8H,1-2H3. The Hall–Kier alpha value is -1.97. The van der Waals surface area contributed by atoms with Crippen LogP contribution in [-0.4, -0.2) is 24.0 Å². The van der Waals surface area contributed by atoms with E-state index in [9.17, 15) is 0 Å². The molecule has 0 aliphatic rings. The Morgan fingerprint density at radius 2 is 2.13 bits per heavy atom. The SMILES string of the molecule is COc1ccc(OC)c(-n2cc[c]n2)c1. The molecule has 77 valence electrons. The molecule has 0 saturated carbocycles. The van der Waals surface area contributed by atoms with Crippen molar-refractivity contribution in [3.63, 3.8) is 0 Å². The topological polar surface area (TPSA) is 36.3 Å². The van der Waals surface area contributed by atoms with Crippen molar-refractivity contribution in [2.45, 2.75) is 0 Å². The normalized spacial score (nSPS) is 10.0. The van der Waals surface area contributed by atoms with Gasteiger partial charge in [0.2, 0.25) is 0 Å². The fourth-order valence-corrected chi connectivity index (χ4v) is 1.34. The van der Waals surface area contributed by atoms with Crippen molar-refractivity contribution in [1.82, 2.24) is 9.78 Å². The van der Waals surface area contributed by atoms with Crippen LogP contribution in [0.2, 0.25) is 0 Å². The lowest BCUT2D eigenvalue weighted by Gasteiger charge is -2.09. The third-order valence-corrected chi connectivity index (χ3v) is 2.09. The highest BCUT2D eigenvalue weighted by Crippen LogP contribution is 2.26. The highest BCUT2D eigenvalue weighted by atomic mass is 16.5. The molecule has 2 aromatic rings. The van der Waals surface area contributed by atoms with Gasteiger partial charge in [-0.15, -0.1) is 0 Å². The minimum atomic E-state index is 0.743. The first-order chi connectivity index (χ1) is 7.35. The Morgan fingerprint density at radius 1 is 1.27 bits per heavy atom. The maximum atomic E-state index is 5.24. The van der Waals surface area contributed by atoms with Gasteiger partial charge in [-0.05, 0) is 18.2 Å². The molecule has 0 N–H and O–H groups in total. The van der Waals surface area contributed by atoms with E-state index in [1.54, 1.807) is 31.2 Å². The monoisotopic (exact) mass is 203 g/mol. The quantitative estimate of drug-likeness (QED) is 0.761. The van der Waals surface area contributed by atoms with Crippen LogP contribution in [0.1, 0.15) is 0 Å². The van der Waals surface area contributed by atoms with Gasteiger partial charge in [0.05, 0.1) is 14.2 Å². The summed E-state index contributed by atoms with van der Waals surface area (Å²) in [5, 5.41) is 4.03. The summed E-state index contributed by atoms with van der Waals surface area (Å²) in [6, 6.07) is 7.28. The number of rotatable bonds is 3. The van der Waals surface area contributed by atoms with Gasteiger partial charge in [0, 0.05) is 12.3 Å². The molecule has 0 spiro atoms. The van der Waals surface area contributed by atoms with Crippen LogP contribution in [0.3, 0.4) is 0 Å². The molecule has 1 heterocycles. The Morgan fingerprint density at radius 3 is 2.73 bits per heavy atom. The van der Waals surface area contributed by atoms with Crippen LogP contribution in [-0.2, 0) is 0 Å². The fourth-order valence-electron chi connectivity index (χ4n) is 1.34. The Labute approximate surface area is 88.1 Å². The van der Waals surface area contributed by atoms with Crippen LogP contribution < -0.4 is 9.47 Å². The van der Waals surface area contributed by atoms with Gasteiger partial charge in [-0.1, -0.05) is 0 Å². The molecule has 0 bridgehead atoms. The molecular formula is C11H11N2O2.